The number of aryl methyl sites for hydroxylation is 1. The number of nitro benzene ring substituents is 1. The fourth-order valence-corrected chi connectivity index (χ4v) is 4.24. The Kier molecular flexibility index (Phi) is 4.07. The Hall–Kier alpha value is -1.51. The SMILES string of the molecule is Cc1cccc([N+](=O)[O-])c1S(=O)(=O)N(CCO)C1CC1. The van der Waals surface area contributed by atoms with Crippen LogP contribution in [0.5, 0.6) is 0 Å². The number of benzene rings is 1. The molecular formula is C12H16N2O5S. The average Bonchev–Trinajstić information content (AvgIpc) is 3.19. The summed E-state index contributed by atoms with van der Waals surface area (Å²) in [6, 6.07) is 4.01. The van der Waals surface area contributed by atoms with E-state index < -0.39 is 20.6 Å². The standard InChI is InChI=1S/C12H16N2O5S/c1-9-3-2-4-11(14(16)17)12(9)20(18,19)13(7-8-15)10-5-6-10/h2-4,10,15H,5-8H2,1H3. The molecule has 7 nitrogen and oxygen atoms in total. The van der Waals surface area contributed by atoms with E-state index in [0.717, 1.165) is 12.8 Å². The first-order valence-corrected chi connectivity index (χ1v) is 7.70. The lowest BCUT2D eigenvalue weighted by Gasteiger charge is -2.21. The molecule has 0 radical (unpaired) electrons. The Labute approximate surface area is 117 Å². The molecule has 1 aliphatic rings. The predicted octanol–water partition coefficient (Wildman–Crippen LogP) is 1.05. The number of hydrogen-bond acceptors (Lipinski definition) is 5. The molecule has 1 fully saturated rings. The second kappa shape index (κ2) is 5.47. The molecule has 1 N–H and O–H groups in total. The summed E-state index contributed by atoms with van der Waals surface area (Å²) < 4.78 is 26.5. The van der Waals surface area contributed by atoms with Crippen LogP contribution in [0.15, 0.2) is 23.1 Å². The number of nitro groups is 1. The third-order valence-electron chi connectivity index (χ3n) is 3.23. The van der Waals surface area contributed by atoms with E-state index in [4.69, 9.17) is 5.11 Å². The summed E-state index contributed by atoms with van der Waals surface area (Å²) in [7, 11) is -3.97. The maximum absolute atomic E-state index is 12.7. The van der Waals surface area contributed by atoms with Gasteiger partial charge in [-0.2, -0.15) is 4.31 Å². The highest BCUT2D eigenvalue weighted by atomic mass is 32.2. The van der Waals surface area contributed by atoms with Crippen molar-refractivity contribution in [2.45, 2.75) is 30.7 Å². The van der Waals surface area contributed by atoms with Gasteiger partial charge in [0.2, 0.25) is 0 Å². The number of aliphatic hydroxyl groups is 1. The number of nitrogens with zero attached hydrogens (tertiary/aromatic N) is 2. The topological polar surface area (TPSA) is 101 Å². The van der Waals surface area contributed by atoms with Gasteiger partial charge in [-0.15, -0.1) is 0 Å². The molecule has 1 aliphatic carbocycles. The highest BCUT2D eigenvalue weighted by Crippen LogP contribution is 2.36. The van der Waals surface area contributed by atoms with E-state index in [0.29, 0.717) is 5.56 Å². The van der Waals surface area contributed by atoms with Gasteiger partial charge in [0.25, 0.3) is 15.7 Å². The Balaban J connectivity index is 2.56. The van der Waals surface area contributed by atoms with Crippen LogP contribution in [0.4, 0.5) is 5.69 Å². The van der Waals surface area contributed by atoms with Gasteiger partial charge in [0.05, 0.1) is 11.5 Å². The van der Waals surface area contributed by atoms with Crippen molar-refractivity contribution in [3.63, 3.8) is 0 Å². The van der Waals surface area contributed by atoms with Crippen molar-refractivity contribution in [1.82, 2.24) is 4.31 Å². The molecule has 0 atom stereocenters. The van der Waals surface area contributed by atoms with E-state index in [-0.39, 0.29) is 24.1 Å². The van der Waals surface area contributed by atoms with E-state index in [1.165, 1.54) is 29.4 Å². The molecule has 0 aromatic heterocycles. The van der Waals surface area contributed by atoms with Crippen LogP contribution in [-0.4, -0.2) is 41.9 Å². The summed E-state index contributed by atoms with van der Waals surface area (Å²) in [5.41, 5.74) is -0.0867. The van der Waals surface area contributed by atoms with Crippen LogP contribution < -0.4 is 0 Å². The monoisotopic (exact) mass is 300 g/mol. The molecule has 0 bridgehead atoms. The zero-order valence-corrected chi connectivity index (χ0v) is 11.8. The van der Waals surface area contributed by atoms with Gasteiger partial charge in [0, 0.05) is 18.7 Å². The summed E-state index contributed by atoms with van der Waals surface area (Å²) >= 11 is 0. The lowest BCUT2D eigenvalue weighted by Crippen LogP contribution is -2.36. The third-order valence-corrected chi connectivity index (χ3v) is 5.37. The lowest BCUT2D eigenvalue weighted by molar-refractivity contribution is -0.387. The van der Waals surface area contributed by atoms with E-state index in [9.17, 15) is 18.5 Å². The van der Waals surface area contributed by atoms with Crippen LogP contribution in [0, 0.1) is 17.0 Å². The minimum absolute atomic E-state index is 0.0432. The van der Waals surface area contributed by atoms with E-state index in [2.05, 4.69) is 0 Å². The second-order valence-corrected chi connectivity index (χ2v) is 6.58. The molecule has 0 unspecified atom stereocenters. The molecule has 2 rings (SSSR count). The van der Waals surface area contributed by atoms with Gasteiger partial charge in [-0.25, -0.2) is 8.42 Å². The first-order chi connectivity index (χ1) is 9.39. The van der Waals surface area contributed by atoms with Crippen molar-refractivity contribution < 1.29 is 18.4 Å². The summed E-state index contributed by atoms with van der Waals surface area (Å²) in [5.74, 6) is 0. The largest absolute Gasteiger partial charge is 0.395 e. The zero-order chi connectivity index (χ0) is 14.9. The molecule has 1 saturated carbocycles. The van der Waals surface area contributed by atoms with Crippen molar-refractivity contribution in [3.05, 3.63) is 33.9 Å². The summed E-state index contributed by atoms with van der Waals surface area (Å²) in [5, 5.41) is 20.1. The molecule has 20 heavy (non-hydrogen) atoms. The summed E-state index contributed by atoms with van der Waals surface area (Å²) in [4.78, 5) is 10.1. The summed E-state index contributed by atoms with van der Waals surface area (Å²) in [6.07, 6.45) is 1.44. The van der Waals surface area contributed by atoms with Gasteiger partial charge in [-0.1, -0.05) is 12.1 Å². The first kappa shape index (κ1) is 14.9. The van der Waals surface area contributed by atoms with Gasteiger partial charge in [-0.3, -0.25) is 10.1 Å². The van der Waals surface area contributed by atoms with Crippen LogP contribution in [-0.2, 0) is 10.0 Å². The third kappa shape index (κ3) is 2.67. The zero-order valence-electron chi connectivity index (χ0n) is 11.0. The van der Waals surface area contributed by atoms with Crippen molar-refractivity contribution in [3.8, 4) is 0 Å². The Morgan fingerprint density at radius 2 is 2.10 bits per heavy atom. The van der Waals surface area contributed by atoms with Gasteiger partial charge >= 0.3 is 0 Å². The van der Waals surface area contributed by atoms with Crippen LogP contribution in [0.3, 0.4) is 0 Å². The quantitative estimate of drug-likeness (QED) is 0.625. The van der Waals surface area contributed by atoms with E-state index >= 15 is 0 Å². The minimum Gasteiger partial charge on any atom is -0.395 e. The molecule has 1 aromatic carbocycles. The molecule has 0 spiro atoms. The molecule has 110 valence electrons. The van der Waals surface area contributed by atoms with Crippen molar-refractivity contribution in [1.29, 1.82) is 0 Å². The smallest absolute Gasteiger partial charge is 0.289 e. The maximum atomic E-state index is 12.7. The van der Waals surface area contributed by atoms with Crippen LogP contribution in [0.1, 0.15) is 18.4 Å². The molecule has 0 amide bonds. The minimum atomic E-state index is -3.97. The normalized spacial score (nSPS) is 15.6. The highest BCUT2D eigenvalue weighted by molar-refractivity contribution is 7.89. The molecule has 1 aromatic rings. The van der Waals surface area contributed by atoms with Crippen molar-refractivity contribution in [2.24, 2.45) is 0 Å². The fourth-order valence-electron chi connectivity index (χ4n) is 2.19. The maximum Gasteiger partial charge on any atom is 0.289 e. The highest BCUT2D eigenvalue weighted by Gasteiger charge is 2.41. The lowest BCUT2D eigenvalue weighted by atomic mass is 10.2. The Bertz CT molecular complexity index is 625. The van der Waals surface area contributed by atoms with Crippen molar-refractivity contribution >= 4 is 15.7 Å². The van der Waals surface area contributed by atoms with Crippen LogP contribution in [0.25, 0.3) is 0 Å². The summed E-state index contributed by atoms with van der Waals surface area (Å²) in [6.45, 7) is 1.18. The Morgan fingerprint density at radius 1 is 1.45 bits per heavy atom. The molecule has 0 aliphatic heterocycles. The van der Waals surface area contributed by atoms with Crippen molar-refractivity contribution in [2.75, 3.05) is 13.2 Å². The average molecular weight is 300 g/mol. The first-order valence-electron chi connectivity index (χ1n) is 6.26. The van der Waals surface area contributed by atoms with E-state index in [1.54, 1.807) is 0 Å². The number of sulfonamides is 1. The van der Waals surface area contributed by atoms with Gasteiger partial charge in [-0.05, 0) is 25.3 Å². The van der Waals surface area contributed by atoms with E-state index in [1.807, 2.05) is 0 Å². The Morgan fingerprint density at radius 3 is 2.60 bits per heavy atom. The van der Waals surface area contributed by atoms with Crippen LogP contribution >= 0.6 is 0 Å². The molecule has 0 saturated heterocycles. The molecular weight excluding hydrogens is 284 g/mol. The predicted molar refractivity (Wildman–Crippen MR) is 71.8 cm³/mol. The fraction of sp³-hybridized carbons (Fsp3) is 0.500. The number of rotatable bonds is 6. The molecule has 0 heterocycles. The van der Waals surface area contributed by atoms with Gasteiger partial charge in [0.1, 0.15) is 0 Å². The number of hydrogen-bond donors (Lipinski definition) is 1. The second-order valence-electron chi connectivity index (χ2n) is 4.75. The van der Waals surface area contributed by atoms with Gasteiger partial charge < -0.3 is 5.11 Å². The van der Waals surface area contributed by atoms with Gasteiger partial charge in [0.15, 0.2) is 4.90 Å². The number of aliphatic hydroxyl groups excluding tert-OH is 1. The van der Waals surface area contributed by atoms with Crippen LogP contribution in [0.2, 0.25) is 0 Å². The molecule has 8 heteroatoms.